The summed E-state index contributed by atoms with van der Waals surface area (Å²) >= 11 is 5.83. The van der Waals surface area contributed by atoms with Crippen molar-refractivity contribution in [2.24, 2.45) is 0 Å². The molecule has 2 aromatic rings. The monoisotopic (exact) mass is 330 g/mol. The molecule has 6 heteroatoms. The number of carbonyl (C=O) groups excluding carboxylic acids is 2. The number of nitrogens with one attached hydrogen (secondary N) is 1. The molecule has 1 N–H and O–H groups in total. The van der Waals surface area contributed by atoms with Crippen LogP contribution >= 0.6 is 11.6 Å². The summed E-state index contributed by atoms with van der Waals surface area (Å²) in [6.07, 6.45) is -0.727. The second-order valence-corrected chi connectivity index (χ2v) is 5.64. The van der Waals surface area contributed by atoms with E-state index in [0.29, 0.717) is 22.1 Å². The minimum Gasteiger partial charge on any atom is -0.481 e. The molecule has 23 heavy (non-hydrogen) atoms. The molecular weight excluding hydrogens is 316 g/mol. The molecule has 5 nitrogen and oxygen atoms in total. The highest BCUT2D eigenvalue weighted by atomic mass is 35.5. The topological polar surface area (TPSA) is 58.6 Å². The van der Waals surface area contributed by atoms with Crippen LogP contribution in [0.25, 0.3) is 0 Å². The second-order valence-electron chi connectivity index (χ2n) is 5.20. The van der Waals surface area contributed by atoms with Crippen molar-refractivity contribution in [3.8, 4) is 5.75 Å². The molecule has 0 fully saturated rings. The Morgan fingerprint density at radius 2 is 1.91 bits per heavy atom. The Labute approximate surface area is 138 Å². The molecule has 1 unspecified atom stereocenters. The number of carbonyl (C=O) groups is 2. The molecule has 0 saturated carbocycles. The molecule has 2 amide bonds. The van der Waals surface area contributed by atoms with E-state index in [1.165, 1.54) is 4.90 Å². The molecule has 0 aliphatic carbocycles. The number of hydrogen-bond donors (Lipinski definition) is 1. The van der Waals surface area contributed by atoms with E-state index in [1.54, 1.807) is 49.4 Å². The highest BCUT2D eigenvalue weighted by Gasteiger charge is 2.30. The van der Waals surface area contributed by atoms with Gasteiger partial charge in [0.2, 0.25) is 5.91 Å². The van der Waals surface area contributed by atoms with Crippen molar-refractivity contribution in [3.63, 3.8) is 0 Å². The van der Waals surface area contributed by atoms with Crippen molar-refractivity contribution in [1.82, 2.24) is 0 Å². The quantitative estimate of drug-likeness (QED) is 0.940. The maximum atomic E-state index is 12.7. The normalized spacial score (nSPS) is 14.7. The van der Waals surface area contributed by atoms with Crippen LogP contribution < -0.4 is 15.0 Å². The average molecular weight is 331 g/mol. The number of nitrogens with zero attached hydrogens (tertiary/aromatic N) is 1. The predicted octanol–water partition coefficient (Wildman–Crippen LogP) is 3.09. The highest BCUT2D eigenvalue weighted by molar-refractivity contribution is 6.30. The van der Waals surface area contributed by atoms with Crippen LogP contribution in [0.15, 0.2) is 48.5 Å². The number of rotatable bonds is 3. The molecule has 0 saturated heterocycles. The van der Waals surface area contributed by atoms with Gasteiger partial charge in [-0.05, 0) is 43.3 Å². The number of amides is 2. The minimum atomic E-state index is -0.727. The van der Waals surface area contributed by atoms with E-state index >= 15 is 0 Å². The molecule has 0 aromatic heterocycles. The lowest BCUT2D eigenvalue weighted by Gasteiger charge is -2.31. The Hall–Kier alpha value is -2.53. The predicted molar refractivity (Wildman–Crippen MR) is 89.0 cm³/mol. The SMILES string of the molecule is CC(Oc1ccc(Cl)cc1)C(=O)N1CC(=O)Nc2ccccc21. The van der Waals surface area contributed by atoms with Crippen LogP contribution in [0, 0.1) is 0 Å². The lowest BCUT2D eigenvalue weighted by Crippen LogP contribution is -2.47. The molecule has 1 heterocycles. The van der Waals surface area contributed by atoms with Crippen LogP contribution in [0.5, 0.6) is 5.75 Å². The van der Waals surface area contributed by atoms with Gasteiger partial charge in [0.25, 0.3) is 5.91 Å². The zero-order valence-corrected chi connectivity index (χ0v) is 13.2. The molecule has 3 rings (SSSR count). The molecular formula is C17H15ClN2O3. The average Bonchev–Trinajstić information content (AvgIpc) is 2.55. The van der Waals surface area contributed by atoms with Gasteiger partial charge in [0.1, 0.15) is 12.3 Å². The Balaban J connectivity index is 1.79. The summed E-state index contributed by atoms with van der Waals surface area (Å²) in [6, 6.07) is 14.0. The number of benzene rings is 2. The van der Waals surface area contributed by atoms with Gasteiger partial charge < -0.3 is 10.1 Å². The Bertz CT molecular complexity index is 746. The lowest BCUT2D eigenvalue weighted by molar-refractivity contribution is -0.126. The van der Waals surface area contributed by atoms with Crippen LogP contribution in [-0.4, -0.2) is 24.5 Å². The summed E-state index contributed by atoms with van der Waals surface area (Å²) in [5.74, 6) is 0.0444. The van der Waals surface area contributed by atoms with E-state index in [-0.39, 0.29) is 18.4 Å². The Kier molecular flexibility index (Phi) is 4.21. The minimum absolute atomic E-state index is 0.0236. The third-order valence-electron chi connectivity index (χ3n) is 3.51. The van der Waals surface area contributed by atoms with Crippen LogP contribution in [0.2, 0.25) is 5.02 Å². The molecule has 1 aliphatic rings. The largest absolute Gasteiger partial charge is 0.481 e. The maximum absolute atomic E-state index is 12.7. The van der Waals surface area contributed by atoms with E-state index in [0.717, 1.165) is 0 Å². The molecule has 1 aliphatic heterocycles. The third-order valence-corrected chi connectivity index (χ3v) is 3.76. The van der Waals surface area contributed by atoms with Gasteiger partial charge in [-0.2, -0.15) is 0 Å². The van der Waals surface area contributed by atoms with Crippen molar-refractivity contribution in [2.75, 3.05) is 16.8 Å². The van der Waals surface area contributed by atoms with Crippen molar-refractivity contribution >= 4 is 34.8 Å². The second kappa shape index (κ2) is 6.30. The zero-order chi connectivity index (χ0) is 16.4. The van der Waals surface area contributed by atoms with Crippen LogP contribution in [0.3, 0.4) is 0 Å². The maximum Gasteiger partial charge on any atom is 0.268 e. The van der Waals surface area contributed by atoms with Gasteiger partial charge in [-0.3, -0.25) is 14.5 Å². The van der Waals surface area contributed by atoms with E-state index < -0.39 is 6.10 Å². The molecule has 118 valence electrons. The summed E-state index contributed by atoms with van der Waals surface area (Å²) in [7, 11) is 0. The Morgan fingerprint density at radius 1 is 1.22 bits per heavy atom. The first-order chi connectivity index (χ1) is 11.0. The summed E-state index contributed by atoms with van der Waals surface area (Å²) in [6.45, 7) is 1.64. The summed E-state index contributed by atoms with van der Waals surface area (Å²) in [5.41, 5.74) is 1.29. The number of halogens is 1. The van der Waals surface area contributed by atoms with Gasteiger partial charge in [0.15, 0.2) is 6.10 Å². The van der Waals surface area contributed by atoms with Gasteiger partial charge in [-0.1, -0.05) is 23.7 Å². The third kappa shape index (κ3) is 3.29. The van der Waals surface area contributed by atoms with Crippen LogP contribution in [0.1, 0.15) is 6.92 Å². The first-order valence-corrected chi connectivity index (χ1v) is 7.55. The van der Waals surface area contributed by atoms with Crippen LogP contribution in [0.4, 0.5) is 11.4 Å². The van der Waals surface area contributed by atoms with Gasteiger partial charge in [0, 0.05) is 5.02 Å². The molecule has 0 bridgehead atoms. The molecule has 0 radical (unpaired) electrons. The Morgan fingerprint density at radius 3 is 2.65 bits per heavy atom. The number of fused-ring (bicyclic) bond motifs is 1. The summed E-state index contributed by atoms with van der Waals surface area (Å²) in [4.78, 5) is 25.9. The fourth-order valence-electron chi connectivity index (χ4n) is 2.42. The van der Waals surface area contributed by atoms with Crippen molar-refractivity contribution in [1.29, 1.82) is 0 Å². The van der Waals surface area contributed by atoms with E-state index in [2.05, 4.69) is 5.32 Å². The lowest BCUT2D eigenvalue weighted by atomic mass is 10.1. The van der Waals surface area contributed by atoms with Gasteiger partial charge >= 0.3 is 0 Å². The van der Waals surface area contributed by atoms with Crippen LogP contribution in [-0.2, 0) is 9.59 Å². The molecule has 0 spiro atoms. The molecule has 1 atom stereocenters. The van der Waals surface area contributed by atoms with E-state index in [9.17, 15) is 9.59 Å². The van der Waals surface area contributed by atoms with Crippen molar-refractivity contribution < 1.29 is 14.3 Å². The zero-order valence-electron chi connectivity index (χ0n) is 12.5. The fourth-order valence-corrected chi connectivity index (χ4v) is 2.54. The van der Waals surface area contributed by atoms with Gasteiger partial charge in [-0.15, -0.1) is 0 Å². The van der Waals surface area contributed by atoms with E-state index in [1.807, 2.05) is 6.07 Å². The smallest absolute Gasteiger partial charge is 0.268 e. The fraction of sp³-hybridized carbons (Fsp3) is 0.176. The van der Waals surface area contributed by atoms with Gasteiger partial charge in [0.05, 0.1) is 11.4 Å². The molecule has 2 aromatic carbocycles. The number of hydrogen-bond acceptors (Lipinski definition) is 3. The number of anilines is 2. The number of ether oxygens (including phenoxy) is 1. The van der Waals surface area contributed by atoms with E-state index in [4.69, 9.17) is 16.3 Å². The summed E-state index contributed by atoms with van der Waals surface area (Å²) < 4.78 is 5.65. The highest BCUT2D eigenvalue weighted by Crippen LogP contribution is 2.29. The first-order valence-electron chi connectivity index (χ1n) is 7.17. The van der Waals surface area contributed by atoms with Crippen molar-refractivity contribution in [3.05, 3.63) is 53.6 Å². The van der Waals surface area contributed by atoms with Gasteiger partial charge in [-0.25, -0.2) is 0 Å². The standard InChI is InChI=1S/C17H15ClN2O3/c1-11(23-13-8-6-12(18)7-9-13)17(22)20-10-16(21)19-14-4-2-3-5-15(14)20/h2-9,11H,10H2,1H3,(H,19,21). The first kappa shape index (κ1) is 15.4. The van der Waals surface area contributed by atoms with Crippen molar-refractivity contribution in [2.45, 2.75) is 13.0 Å². The number of para-hydroxylation sites is 2. The summed E-state index contributed by atoms with van der Waals surface area (Å²) in [5, 5.41) is 3.35.